The lowest BCUT2D eigenvalue weighted by molar-refractivity contribution is -0.139. The molecule has 23 heavy (non-hydrogen) atoms. The normalized spacial score (nSPS) is 26.9. The lowest BCUT2D eigenvalue weighted by Crippen LogP contribution is -2.50. The Balaban J connectivity index is 1.57. The molecule has 2 N–H and O–H groups in total. The van der Waals surface area contributed by atoms with Gasteiger partial charge in [0, 0.05) is 44.3 Å². The lowest BCUT2D eigenvalue weighted by Gasteiger charge is -2.33. The number of rotatable bonds is 4. The number of carbonyl (C=O) groups is 1. The standard InChI is InChI=1S/C18H27N3O2/c1-13(21(2)18(22)15-8-10-23-11-9-15)16-12-17(20-19-16)14-6-4-3-5-7-14/h3-7,13,15-17,19-20H,8-12H2,1-2H3. The molecule has 0 bridgehead atoms. The molecule has 2 saturated heterocycles. The second-order valence-electron chi connectivity index (χ2n) is 6.67. The molecule has 0 aromatic heterocycles. The molecule has 0 radical (unpaired) electrons. The molecular formula is C18H27N3O2. The first-order valence-electron chi connectivity index (χ1n) is 8.57. The van der Waals surface area contributed by atoms with Gasteiger partial charge in [0.1, 0.15) is 0 Å². The van der Waals surface area contributed by atoms with Crippen molar-refractivity contribution in [2.45, 2.75) is 44.3 Å². The molecule has 5 nitrogen and oxygen atoms in total. The average Bonchev–Trinajstić information content (AvgIpc) is 3.11. The number of ether oxygens (including phenoxy) is 1. The maximum absolute atomic E-state index is 12.7. The van der Waals surface area contributed by atoms with Gasteiger partial charge in [-0.05, 0) is 31.7 Å². The molecule has 0 aliphatic carbocycles. The number of benzene rings is 1. The Kier molecular flexibility index (Phi) is 5.30. The first-order valence-corrected chi connectivity index (χ1v) is 8.57. The molecule has 0 saturated carbocycles. The van der Waals surface area contributed by atoms with Gasteiger partial charge >= 0.3 is 0 Å². The van der Waals surface area contributed by atoms with Gasteiger partial charge < -0.3 is 9.64 Å². The number of hydrogen-bond acceptors (Lipinski definition) is 4. The van der Waals surface area contributed by atoms with Crippen LogP contribution in [0.3, 0.4) is 0 Å². The minimum atomic E-state index is 0.121. The highest BCUT2D eigenvalue weighted by Crippen LogP contribution is 2.26. The smallest absolute Gasteiger partial charge is 0.225 e. The molecule has 0 spiro atoms. The van der Waals surface area contributed by atoms with Gasteiger partial charge in [-0.25, -0.2) is 5.43 Å². The molecule has 3 rings (SSSR count). The number of nitrogens with one attached hydrogen (secondary N) is 2. The number of nitrogens with zero attached hydrogens (tertiary/aromatic N) is 1. The van der Waals surface area contributed by atoms with Crippen LogP contribution in [-0.4, -0.2) is 43.2 Å². The van der Waals surface area contributed by atoms with Crippen molar-refractivity contribution in [1.82, 2.24) is 15.8 Å². The monoisotopic (exact) mass is 317 g/mol. The van der Waals surface area contributed by atoms with Crippen molar-refractivity contribution in [1.29, 1.82) is 0 Å². The summed E-state index contributed by atoms with van der Waals surface area (Å²) in [5.41, 5.74) is 8.03. The fourth-order valence-electron chi connectivity index (χ4n) is 3.50. The number of carbonyl (C=O) groups excluding carboxylic acids is 1. The highest BCUT2D eigenvalue weighted by atomic mass is 16.5. The Morgan fingerprint density at radius 2 is 1.91 bits per heavy atom. The third-order valence-electron chi connectivity index (χ3n) is 5.25. The van der Waals surface area contributed by atoms with Gasteiger partial charge in [0.2, 0.25) is 5.91 Å². The minimum absolute atomic E-state index is 0.121. The largest absolute Gasteiger partial charge is 0.381 e. The Morgan fingerprint density at radius 1 is 1.22 bits per heavy atom. The summed E-state index contributed by atoms with van der Waals surface area (Å²) >= 11 is 0. The summed E-state index contributed by atoms with van der Waals surface area (Å²) in [7, 11) is 1.93. The van der Waals surface area contributed by atoms with E-state index in [1.165, 1.54) is 5.56 Å². The van der Waals surface area contributed by atoms with E-state index in [0.717, 1.165) is 19.3 Å². The molecule has 2 aliphatic heterocycles. The summed E-state index contributed by atoms with van der Waals surface area (Å²) in [6, 6.07) is 11.2. The first kappa shape index (κ1) is 16.4. The fraction of sp³-hybridized carbons (Fsp3) is 0.611. The van der Waals surface area contributed by atoms with Crippen molar-refractivity contribution in [3.8, 4) is 0 Å². The highest BCUT2D eigenvalue weighted by molar-refractivity contribution is 5.79. The van der Waals surface area contributed by atoms with E-state index in [9.17, 15) is 4.79 Å². The molecule has 5 heteroatoms. The maximum Gasteiger partial charge on any atom is 0.225 e. The molecule has 1 aromatic rings. The summed E-state index contributed by atoms with van der Waals surface area (Å²) in [6.07, 6.45) is 2.67. The Bertz CT molecular complexity index is 516. The van der Waals surface area contributed by atoms with Gasteiger partial charge in [-0.3, -0.25) is 10.2 Å². The van der Waals surface area contributed by atoms with Crippen molar-refractivity contribution in [2.24, 2.45) is 5.92 Å². The van der Waals surface area contributed by atoms with Gasteiger partial charge in [-0.1, -0.05) is 30.3 Å². The zero-order valence-corrected chi connectivity index (χ0v) is 14.0. The van der Waals surface area contributed by atoms with Gasteiger partial charge in [-0.15, -0.1) is 0 Å². The summed E-state index contributed by atoms with van der Waals surface area (Å²) in [6.45, 7) is 3.54. The third-order valence-corrected chi connectivity index (χ3v) is 5.25. The van der Waals surface area contributed by atoms with Crippen LogP contribution in [0.15, 0.2) is 30.3 Å². The lowest BCUT2D eigenvalue weighted by atomic mass is 9.95. The van der Waals surface area contributed by atoms with E-state index >= 15 is 0 Å². The number of hydrazine groups is 1. The van der Waals surface area contributed by atoms with Gasteiger partial charge in [0.05, 0.1) is 0 Å². The van der Waals surface area contributed by atoms with E-state index in [1.807, 2.05) is 18.0 Å². The zero-order chi connectivity index (χ0) is 16.2. The van der Waals surface area contributed by atoms with Crippen LogP contribution in [0.25, 0.3) is 0 Å². The van der Waals surface area contributed by atoms with E-state index in [2.05, 4.69) is 42.0 Å². The van der Waals surface area contributed by atoms with Gasteiger partial charge in [0.15, 0.2) is 0 Å². The molecule has 1 amide bonds. The van der Waals surface area contributed by atoms with Crippen LogP contribution in [-0.2, 0) is 9.53 Å². The SMILES string of the molecule is CC(C1CC(c2ccccc2)NN1)N(C)C(=O)C1CCOCC1. The van der Waals surface area contributed by atoms with Gasteiger partial charge in [-0.2, -0.15) is 0 Å². The van der Waals surface area contributed by atoms with Crippen molar-refractivity contribution in [3.63, 3.8) is 0 Å². The molecule has 2 fully saturated rings. The van der Waals surface area contributed by atoms with Crippen LogP contribution in [0.4, 0.5) is 0 Å². The predicted molar refractivity (Wildman–Crippen MR) is 89.6 cm³/mol. The van der Waals surface area contributed by atoms with Crippen LogP contribution in [0.2, 0.25) is 0 Å². The van der Waals surface area contributed by atoms with Crippen LogP contribution in [0.1, 0.15) is 37.8 Å². The average molecular weight is 317 g/mol. The number of likely N-dealkylation sites (N-methyl/N-ethyl adjacent to an activating group) is 1. The molecule has 3 unspecified atom stereocenters. The molecule has 126 valence electrons. The zero-order valence-electron chi connectivity index (χ0n) is 14.0. The maximum atomic E-state index is 12.7. The first-order chi connectivity index (χ1) is 11.2. The molecule has 3 atom stereocenters. The Morgan fingerprint density at radius 3 is 2.61 bits per heavy atom. The van der Waals surface area contributed by atoms with E-state index in [1.54, 1.807) is 0 Å². The molecule has 1 aromatic carbocycles. The topological polar surface area (TPSA) is 53.6 Å². The van der Waals surface area contributed by atoms with Crippen LogP contribution in [0.5, 0.6) is 0 Å². The van der Waals surface area contributed by atoms with Crippen molar-refractivity contribution >= 4 is 5.91 Å². The van der Waals surface area contributed by atoms with E-state index in [-0.39, 0.29) is 23.9 Å². The molecule has 2 heterocycles. The second-order valence-corrected chi connectivity index (χ2v) is 6.67. The summed E-state index contributed by atoms with van der Waals surface area (Å²) in [4.78, 5) is 14.6. The molecule has 2 aliphatic rings. The third kappa shape index (κ3) is 3.74. The van der Waals surface area contributed by atoms with Crippen molar-refractivity contribution in [3.05, 3.63) is 35.9 Å². The molecular weight excluding hydrogens is 290 g/mol. The highest BCUT2D eigenvalue weighted by Gasteiger charge is 2.34. The Hall–Kier alpha value is -1.43. The fourth-order valence-corrected chi connectivity index (χ4v) is 3.50. The van der Waals surface area contributed by atoms with E-state index in [4.69, 9.17) is 4.74 Å². The van der Waals surface area contributed by atoms with Gasteiger partial charge in [0.25, 0.3) is 0 Å². The number of hydrogen-bond donors (Lipinski definition) is 2. The van der Waals surface area contributed by atoms with E-state index in [0.29, 0.717) is 19.3 Å². The second kappa shape index (κ2) is 7.43. The van der Waals surface area contributed by atoms with E-state index < -0.39 is 0 Å². The minimum Gasteiger partial charge on any atom is -0.381 e. The van der Waals surface area contributed by atoms with Crippen LogP contribution < -0.4 is 10.9 Å². The van der Waals surface area contributed by atoms with Crippen molar-refractivity contribution in [2.75, 3.05) is 20.3 Å². The van der Waals surface area contributed by atoms with Crippen molar-refractivity contribution < 1.29 is 9.53 Å². The summed E-state index contributed by atoms with van der Waals surface area (Å²) in [5, 5.41) is 0. The predicted octanol–water partition coefficient (Wildman–Crippen LogP) is 1.87. The Labute approximate surface area is 138 Å². The number of amides is 1. The van der Waals surface area contributed by atoms with Crippen LogP contribution in [0, 0.1) is 5.92 Å². The van der Waals surface area contributed by atoms with Crippen LogP contribution >= 0.6 is 0 Å². The quantitative estimate of drug-likeness (QED) is 0.890. The summed E-state index contributed by atoms with van der Waals surface area (Å²) < 4.78 is 5.36. The summed E-state index contributed by atoms with van der Waals surface area (Å²) in [5.74, 6) is 0.376.